The topological polar surface area (TPSA) is 143 Å². The maximum Gasteiger partial charge on any atom is 0.410 e. The summed E-state index contributed by atoms with van der Waals surface area (Å²) in [7, 11) is -4.02. The molecule has 4 N–H and O–H groups in total. The summed E-state index contributed by atoms with van der Waals surface area (Å²) in [5, 5.41) is 0. The number of carbonyl (C=O) groups excluding carboxylic acids is 2. The van der Waals surface area contributed by atoms with Gasteiger partial charge in [-0.2, -0.15) is 0 Å². The standard InChI is InChI=1S/C24H30N3O6P/c1-3-33-24(29)27-15-23(25)26-21-14-19(11-12-20(21)16(27)2)17-7-9-18(10-8-17)22(28)6-4-5-13-34(30,31)32/h7-12,14,16H,3-6,13,15H2,1-2H3,(H2,25,26)(H2,30,31,32). The van der Waals surface area contributed by atoms with Gasteiger partial charge in [0.15, 0.2) is 5.78 Å². The van der Waals surface area contributed by atoms with Crippen LogP contribution in [0.3, 0.4) is 0 Å². The van der Waals surface area contributed by atoms with E-state index >= 15 is 0 Å². The molecule has 10 heteroatoms. The van der Waals surface area contributed by atoms with E-state index in [1.807, 2.05) is 37.3 Å². The molecular weight excluding hydrogens is 457 g/mol. The van der Waals surface area contributed by atoms with Crippen molar-refractivity contribution in [1.29, 1.82) is 0 Å². The van der Waals surface area contributed by atoms with Crippen LogP contribution in [0.2, 0.25) is 0 Å². The van der Waals surface area contributed by atoms with E-state index in [-0.39, 0.29) is 37.6 Å². The number of unbranched alkanes of at least 4 members (excludes halogenated alkanes) is 1. The van der Waals surface area contributed by atoms with E-state index in [1.54, 1.807) is 24.0 Å². The van der Waals surface area contributed by atoms with Gasteiger partial charge < -0.3 is 20.3 Å². The lowest BCUT2D eigenvalue weighted by atomic mass is 9.97. The predicted octanol–water partition coefficient (Wildman–Crippen LogP) is 4.41. The summed E-state index contributed by atoms with van der Waals surface area (Å²) in [6.45, 7) is 4.11. The number of rotatable bonds is 8. The van der Waals surface area contributed by atoms with E-state index in [2.05, 4.69) is 4.99 Å². The lowest BCUT2D eigenvalue weighted by molar-refractivity contribution is 0.0977. The fourth-order valence-electron chi connectivity index (χ4n) is 3.87. The molecule has 1 amide bonds. The Morgan fingerprint density at radius 2 is 1.82 bits per heavy atom. The first-order valence-corrected chi connectivity index (χ1v) is 13.0. The molecule has 0 radical (unpaired) electrons. The fourth-order valence-corrected chi connectivity index (χ4v) is 4.50. The van der Waals surface area contributed by atoms with Crippen LogP contribution in [0.25, 0.3) is 11.1 Å². The molecule has 9 nitrogen and oxygen atoms in total. The predicted molar refractivity (Wildman–Crippen MR) is 130 cm³/mol. The van der Waals surface area contributed by atoms with Crippen LogP contribution in [0.4, 0.5) is 10.5 Å². The third kappa shape index (κ3) is 6.53. The van der Waals surface area contributed by atoms with Gasteiger partial charge in [0.1, 0.15) is 5.84 Å². The average Bonchev–Trinajstić information content (AvgIpc) is 2.91. The maximum atomic E-state index is 12.4. The van der Waals surface area contributed by atoms with Gasteiger partial charge in [-0.25, -0.2) is 9.79 Å². The molecule has 2 aromatic carbocycles. The molecule has 0 fully saturated rings. The fraction of sp³-hybridized carbons (Fsp3) is 0.375. The molecule has 1 unspecified atom stereocenters. The average molecular weight is 487 g/mol. The first-order chi connectivity index (χ1) is 16.1. The van der Waals surface area contributed by atoms with E-state index in [0.717, 1.165) is 16.7 Å². The van der Waals surface area contributed by atoms with Crippen LogP contribution in [-0.2, 0) is 9.30 Å². The Morgan fingerprint density at radius 1 is 1.15 bits per heavy atom. The Balaban J connectivity index is 1.74. The van der Waals surface area contributed by atoms with Gasteiger partial charge in [-0.3, -0.25) is 14.3 Å². The maximum absolute atomic E-state index is 12.4. The van der Waals surface area contributed by atoms with Crippen LogP contribution in [-0.4, -0.2) is 51.7 Å². The number of aliphatic imine (C=N–C) groups is 1. The normalized spacial score (nSPS) is 15.8. The number of carbonyl (C=O) groups is 2. The third-order valence-electron chi connectivity index (χ3n) is 5.69. The molecule has 0 saturated carbocycles. The Kier molecular flexibility index (Phi) is 8.25. The molecule has 0 aromatic heterocycles. The van der Waals surface area contributed by atoms with Crippen molar-refractivity contribution in [3.8, 4) is 11.1 Å². The Hall–Kier alpha value is -3.00. The highest BCUT2D eigenvalue weighted by molar-refractivity contribution is 7.51. The second-order valence-electron chi connectivity index (χ2n) is 8.23. The molecule has 0 bridgehead atoms. The molecule has 0 saturated heterocycles. The van der Waals surface area contributed by atoms with Crippen LogP contribution in [0.1, 0.15) is 55.1 Å². The summed E-state index contributed by atoms with van der Waals surface area (Å²) < 4.78 is 16.1. The van der Waals surface area contributed by atoms with Crippen LogP contribution in [0.15, 0.2) is 47.5 Å². The SMILES string of the molecule is CCOC(=O)N1CC(N)=Nc2cc(-c3ccc(C(=O)CCCCP(=O)(O)O)cc3)ccc2C1C. The first-order valence-electron chi connectivity index (χ1n) is 11.2. The Morgan fingerprint density at radius 3 is 2.47 bits per heavy atom. The zero-order valence-corrected chi connectivity index (χ0v) is 20.2. The number of amidine groups is 1. The smallest absolute Gasteiger partial charge is 0.410 e. The number of nitrogens with two attached hydrogens (primary N) is 1. The van der Waals surface area contributed by atoms with E-state index in [4.69, 9.17) is 20.3 Å². The van der Waals surface area contributed by atoms with Crippen molar-refractivity contribution in [1.82, 2.24) is 4.90 Å². The van der Waals surface area contributed by atoms with Crippen molar-refractivity contribution in [2.75, 3.05) is 19.3 Å². The number of benzene rings is 2. The molecule has 182 valence electrons. The monoisotopic (exact) mass is 487 g/mol. The number of ketones is 1. The molecule has 1 aliphatic rings. The van der Waals surface area contributed by atoms with Gasteiger partial charge in [-0.15, -0.1) is 0 Å². The number of hydrogen-bond donors (Lipinski definition) is 3. The minimum Gasteiger partial charge on any atom is -0.450 e. The highest BCUT2D eigenvalue weighted by atomic mass is 31.2. The van der Waals surface area contributed by atoms with Gasteiger partial charge in [0.2, 0.25) is 0 Å². The minimum absolute atomic E-state index is 0.0653. The van der Waals surface area contributed by atoms with Crippen LogP contribution >= 0.6 is 7.60 Å². The van der Waals surface area contributed by atoms with Crippen molar-refractivity contribution < 1.29 is 28.7 Å². The molecule has 34 heavy (non-hydrogen) atoms. The van der Waals surface area contributed by atoms with Crippen molar-refractivity contribution in [3.05, 3.63) is 53.6 Å². The highest BCUT2D eigenvalue weighted by Gasteiger charge is 2.28. The molecule has 0 spiro atoms. The highest BCUT2D eigenvalue weighted by Crippen LogP contribution is 2.36. The van der Waals surface area contributed by atoms with Crippen molar-refractivity contribution >= 4 is 31.0 Å². The summed E-state index contributed by atoms with van der Waals surface area (Å²) in [6, 6.07) is 12.7. The molecule has 3 rings (SSSR count). The second kappa shape index (κ2) is 11.0. The van der Waals surface area contributed by atoms with Crippen molar-refractivity contribution in [2.24, 2.45) is 10.7 Å². The van der Waals surface area contributed by atoms with E-state index < -0.39 is 13.7 Å². The lowest BCUT2D eigenvalue weighted by Crippen LogP contribution is -2.39. The first kappa shape index (κ1) is 25.6. The van der Waals surface area contributed by atoms with E-state index in [9.17, 15) is 14.2 Å². The number of hydrogen-bond acceptors (Lipinski definition) is 6. The van der Waals surface area contributed by atoms with E-state index in [1.165, 1.54) is 0 Å². The lowest BCUT2D eigenvalue weighted by Gasteiger charge is -2.27. The summed E-state index contributed by atoms with van der Waals surface area (Å²) >= 11 is 0. The number of ether oxygens (including phenoxy) is 1. The van der Waals surface area contributed by atoms with Crippen LogP contribution in [0, 0.1) is 0 Å². The van der Waals surface area contributed by atoms with Gasteiger partial charge >= 0.3 is 13.7 Å². The van der Waals surface area contributed by atoms with Gasteiger partial charge in [-0.1, -0.05) is 36.4 Å². The molecule has 0 aliphatic carbocycles. The quantitative estimate of drug-likeness (QED) is 0.284. The summed E-state index contributed by atoms with van der Waals surface area (Å²) in [5.41, 5.74) is 9.96. The second-order valence-corrected chi connectivity index (χ2v) is 10.0. The van der Waals surface area contributed by atoms with Crippen molar-refractivity contribution in [3.63, 3.8) is 0 Å². The zero-order valence-electron chi connectivity index (χ0n) is 19.3. The summed E-state index contributed by atoms with van der Waals surface area (Å²) in [6.07, 6.45) is 0.324. The van der Waals surface area contributed by atoms with Crippen LogP contribution < -0.4 is 5.73 Å². The molecule has 2 aromatic rings. The number of nitrogens with zero attached hydrogens (tertiary/aromatic N) is 2. The minimum atomic E-state index is -4.02. The van der Waals surface area contributed by atoms with E-state index in [0.29, 0.717) is 29.9 Å². The molecule has 1 heterocycles. The van der Waals surface area contributed by atoms with Gasteiger partial charge in [0.25, 0.3) is 0 Å². The van der Waals surface area contributed by atoms with Gasteiger partial charge in [0, 0.05) is 23.7 Å². The van der Waals surface area contributed by atoms with Gasteiger partial charge in [-0.05, 0) is 43.9 Å². The number of amides is 1. The third-order valence-corrected chi connectivity index (χ3v) is 6.59. The number of Topliss-reactive ketones (excluding diaryl/α,β-unsaturated/α-hetero) is 1. The Labute approximate surface area is 198 Å². The molecule has 1 aliphatic heterocycles. The van der Waals surface area contributed by atoms with Crippen LogP contribution in [0.5, 0.6) is 0 Å². The Bertz CT molecular complexity index is 1130. The van der Waals surface area contributed by atoms with Crippen molar-refractivity contribution in [2.45, 2.75) is 39.2 Å². The van der Waals surface area contributed by atoms with Gasteiger partial charge in [0.05, 0.1) is 24.9 Å². The summed E-state index contributed by atoms with van der Waals surface area (Å²) in [5.74, 6) is 0.250. The molecule has 1 atom stereocenters. The summed E-state index contributed by atoms with van der Waals surface area (Å²) in [4.78, 5) is 48.6. The number of fused-ring (bicyclic) bond motifs is 1. The molecular formula is C24H30N3O6P. The zero-order chi connectivity index (χ0) is 24.9. The largest absolute Gasteiger partial charge is 0.450 e.